The standard InChI is InChI=1S/C14H26N2O/c1-2-14(17-9-1)11-16-7-4-12(5-8-16)13-3-6-15-10-13/h12-15H,1-11H2. The number of rotatable bonds is 3. The van der Waals surface area contributed by atoms with Crippen molar-refractivity contribution >= 4 is 0 Å². The van der Waals surface area contributed by atoms with Crippen LogP contribution in [0.4, 0.5) is 0 Å². The maximum atomic E-state index is 5.73. The highest BCUT2D eigenvalue weighted by Gasteiger charge is 2.29. The lowest BCUT2D eigenvalue weighted by Crippen LogP contribution is -2.40. The number of nitrogens with zero attached hydrogens (tertiary/aromatic N) is 1. The number of piperidine rings is 1. The summed E-state index contributed by atoms with van der Waals surface area (Å²) in [5, 5.41) is 3.51. The van der Waals surface area contributed by atoms with Gasteiger partial charge in [0.25, 0.3) is 0 Å². The molecular weight excluding hydrogens is 212 g/mol. The highest BCUT2D eigenvalue weighted by molar-refractivity contribution is 4.83. The molecular formula is C14H26N2O. The minimum atomic E-state index is 0.541. The molecule has 0 aromatic heterocycles. The molecule has 3 aliphatic rings. The lowest BCUT2D eigenvalue weighted by Gasteiger charge is -2.35. The van der Waals surface area contributed by atoms with Crippen molar-refractivity contribution in [2.24, 2.45) is 11.8 Å². The molecule has 0 amide bonds. The third-order valence-electron chi connectivity index (χ3n) is 4.88. The molecule has 3 heteroatoms. The third-order valence-corrected chi connectivity index (χ3v) is 4.88. The number of likely N-dealkylation sites (tertiary alicyclic amines) is 1. The summed E-state index contributed by atoms with van der Waals surface area (Å²) >= 11 is 0. The summed E-state index contributed by atoms with van der Waals surface area (Å²) in [5.74, 6) is 1.96. The van der Waals surface area contributed by atoms with E-state index in [1.54, 1.807) is 0 Å². The van der Waals surface area contributed by atoms with Gasteiger partial charge in [-0.15, -0.1) is 0 Å². The fraction of sp³-hybridized carbons (Fsp3) is 1.00. The van der Waals surface area contributed by atoms with Crippen LogP contribution in [0.15, 0.2) is 0 Å². The van der Waals surface area contributed by atoms with Crippen molar-refractivity contribution in [3.63, 3.8) is 0 Å². The number of nitrogens with one attached hydrogen (secondary N) is 1. The van der Waals surface area contributed by atoms with Crippen LogP contribution in [0.5, 0.6) is 0 Å². The summed E-state index contributed by atoms with van der Waals surface area (Å²) in [5.41, 5.74) is 0. The van der Waals surface area contributed by atoms with Gasteiger partial charge >= 0.3 is 0 Å². The van der Waals surface area contributed by atoms with E-state index >= 15 is 0 Å². The Morgan fingerprint density at radius 1 is 1.06 bits per heavy atom. The molecule has 0 aromatic rings. The number of ether oxygens (including phenoxy) is 1. The lowest BCUT2D eigenvalue weighted by molar-refractivity contribution is 0.0549. The van der Waals surface area contributed by atoms with Crippen molar-refractivity contribution in [1.82, 2.24) is 10.2 Å². The van der Waals surface area contributed by atoms with Gasteiger partial charge in [-0.05, 0) is 70.1 Å². The maximum Gasteiger partial charge on any atom is 0.0702 e. The Morgan fingerprint density at radius 2 is 1.94 bits per heavy atom. The molecule has 2 unspecified atom stereocenters. The summed E-state index contributed by atoms with van der Waals surface area (Å²) in [4.78, 5) is 2.63. The van der Waals surface area contributed by atoms with E-state index in [-0.39, 0.29) is 0 Å². The number of hydrogen-bond acceptors (Lipinski definition) is 3. The van der Waals surface area contributed by atoms with Gasteiger partial charge in [0.05, 0.1) is 6.10 Å². The zero-order valence-corrected chi connectivity index (χ0v) is 10.9. The first-order chi connectivity index (χ1) is 8.42. The summed E-state index contributed by atoms with van der Waals surface area (Å²) in [6.45, 7) is 7.32. The van der Waals surface area contributed by atoms with Gasteiger partial charge in [-0.25, -0.2) is 0 Å². The predicted molar refractivity (Wildman–Crippen MR) is 69.1 cm³/mol. The van der Waals surface area contributed by atoms with Crippen LogP contribution in [-0.4, -0.2) is 50.3 Å². The van der Waals surface area contributed by atoms with Gasteiger partial charge in [0.2, 0.25) is 0 Å². The molecule has 3 fully saturated rings. The average molecular weight is 238 g/mol. The predicted octanol–water partition coefficient (Wildman–Crippen LogP) is 1.49. The molecule has 2 atom stereocenters. The Labute approximate surface area is 105 Å². The van der Waals surface area contributed by atoms with Crippen LogP contribution < -0.4 is 5.32 Å². The van der Waals surface area contributed by atoms with Crippen molar-refractivity contribution in [2.75, 3.05) is 39.3 Å². The van der Waals surface area contributed by atoms with Crippen LogP contribution in [0.2, 0.25) is 0 Å². The molecule has 3 aliphatic heterocycles. The lowest BCUT2D eigenvalue weighted by atomic mass is 9.84. The van der Waals surface area contributed by atoms with E-state index in [1.165, 1.54) is 64.8 Å². The molecule has 98 valence electrons. The summed E-state index contributed by atoms with van der Waals surface area (Å²) < 4.78 is 5.73. The largest absolute Gasteiger partial charge is 0.377 e. The Morgan fingerprint density at radius 3 is 2.59 bits per heavy atom. The summed E-state index contributed by atoms with van der Waals surface area (Å²) in [6, 6.07) is 0. The van der Waals surface area contributed by atoms with E-state index in [0.29, 0.717) is 6.10 Å². The second-order valence-corrected chi connectivity index (χ2v) is 6.03. The van der Waals surface area contributed by atoms with Crippen LogP contribution in [0.3, 0.4) is 0 Å². The second-order valence-electron chi connectivity index (χ2n) is 6.03. The average Bonchev–Trinajstić information content (AvgIpc) is 3.01. The third kappa shape index (κ3) is 3.01. The highest BCUT2D eigenvalue weighted by Crippen LogP contribution is 2.29. The molecule has 0 radical (unpaired) electrons. The highest BCUT2D eigenvalue weighted by atomic mass is 16.5. The monoisotopic (exact) mass is 238 g/mol. The van der Waals surface area contributed by atoms with Crippen molar-refractivity contribution in [1.29, 1.82) is 0 Å². The molecule has 0 aromatic carbocycles. The molecule has 3 heterocycles. The molecule has 1 N–H and O–H groups in total. The van der Waals surface area contributed by atoms with Crippen LogP contribution in [0.1, 0.15) is 32.1 Å². The molecule has 0 saturated carbocycles. The van der Waals surface area contributed by atoms with Crippen LogP contribution in [0.25, 0.3) is 0 Å². The molecule has 0 spiro atoms. The first-order valence-electron chi connectivity index (χ1n) is 7.46. The van der Waals surface area contributed by atoms with E-state index in [1.807, 2.05) is 0 Å². The minimum Gasteiger partial charge on any atom is -0.377 e. The van der Waals surface area contributed by atoms with Crippen molar-refractivity contribution in [3.05, 3.63) is 0 Å². The smallest absolute Gasteiger partial charge is 0.0702 e. The fourth-order valence-electron chi connectivity index (χ4n) is 3.76. The first kappa shape index (κ1) is 11.9. The molecule has 3 saturated heterocycles. The molecule has 0 bridgehead atoms. The van der Waals surface area contributed by atoms with Crippen LogP contribution in [-0.2, 0) is 4.74 Å². The Balaban J connectivity index is 1.40. The normalized spacial score (nSPS) is 36.7. The van der Waals surface area contributed by atoms with E-state index in [4.69, 9.17) is 4.74 Å². The molecule has 3 rings (SSSR count). The van der Waals surface area contributed by atoms with Crippen LogP contribution >= 0.6 is 0 Å². The fourth-order valence-corrected chi connectivity index (χ4v) is 3.76. The van der Waals surface area contributed by atoms with Gasteiger partial charge in [-0.3, -0.25) is 0 Å². The zero-order chi connectivity index (χ0) is 11.5. The minimum absolute atomic E-state index is 0.541. The summed E-state index contributed by atoms with van der Waals surface area (Å²) in [6.07, 6.45) is 7.34. The molecule has 3 nitrogen and oxygen atoms in total. The van der Waals surface area contributed by atoms with Gasteiger partial charge in [0.1, 0.15) is 0 Å². The molecule has 17 heavy (non-hydrogen) atoms. The Kier molecular flexibility index (Phi) is 3.99. The Bertz CT molecular complexity index is 226. The SMILES string of the molecule is C1COC(CN2CCC(C3CCNC3)CC2)C1. The van der Waals surface area contributed by atoms with Gasteiger partial charge in [-0.1, -0.05) is 0 Å². The Hall–Kier alpha value is -0.120. The van der Waals surface area contributed by atoms with Crippen molar-refractivity contribution < 1.29 is 4.74 Å². The zero-order valence-electron chi connectivity index (χ0n) is 10.9. The van der Waals surface area contributed by atoms with E-state index in [9.17, 15) is 0 Å². The van der Waals surface area contributed by atoms with E-state index in [2.05, 4.69) is 10.2 Å². The number of hydrogen-bond donors (Lipinski definition) is 1. The van der Waals surface area contributed by atoms with Crippen molar-refractivity contribution in [3.8, 4) is 0 Å². The van der Waals surface area contributed by atoms with Gasteiger partial charge in [0.15, 0.2) is 0 Å². The second kappa shape index (κ2) is 5.68. The van der Waals surface area contributed by atoms with E-state index in [0.717, 1.165) is 18.4 Å². The molecule has 0 aliphatic carbocycles. The van der Waals surface area contributed by atoms with Crippen molar-refractivity contribution in [2.45, 2.75) is 38.2 Å². The van der Waals surface area contributed by atoms with Gasteiger partial charge in [0, 0.05) is 13.2 Å². The summed E-state index contributed by atoms with van der Waals surface area (Å²) in [7, 11) is 0. The maximum absolute atomic E-state index is 5.73. The first-order valence-corrected chi connectivity index (χ1v) is 7.46. The van der Waals surface area contributed by atoms with Crippen LogP contribution in [0, 0.1) is 11.8 Å². The topological polar surface area (TPSA) is 24.5 Å². The van der Waals surface area contributed by atoms with Gasteiger partial charge < -0.3 is 15.0 Å². The quantitative estimate of drug-likeness (QED) is 0.806. The van der Waals surface area contributed by atoms with E-state index < -0.39 is 0 Å². The van der Waals surface area contributed by atoms with Gasteiger partial charge in [-0.2, -0.15) is 0 Å².